The van der Waals surface area contributed by atoms with Gasteiger partial charge in [0.05, 0.1) is 3.79 Å². The Morgan fingerprint density at radius 1 is 1.56 bits per heavy atom. The third kappa shape index (κ3) is 2.94. The van der Waals surface area contributed by atoms with Crippen molar-refractivity contribution in [3.8, 4) is 0 Å². The molecule has 0 N–H and O–H groups in total. The fourth-order valence-corrected chi connectivity index (χ4v) is 5.01. The lowest BCUT2D eigenvalue weighted by molar-refractivity contribution is 0.384. The van der Waals surface area contributed by atoms with Crippen molar-refractivity contribution in [2.45, 2.75) is 24.1 Å². The zero-order valence-electron chi connectivity index (χ0n) is 9.18. The van der Waals surface area contributed by atoms with Crippen molar-refractivity contribution < 1.29 is 8.42 Å². The van der Waals surface area contributed by atoms with E-state index in [2.05, 4.69) is 22.5 Å². The van der Waals surface area contributed by atoms with Crippen LogP contribution in [0, 0.1) is 0 Å². The van der Waals surface area contributed by atoms with E-state index in [9.17, 15) is 8.42 Å². The molecule has 0 saturated heterocycles. The summed E-state index contributed by atoms with van der Waals surface area (Å²) in [6.45, 7) is 7.61. The third-order valence-electron chi connectivity index (χ3n) is 2.00. The lowest BCUT2D eigenvalue weighted by Gasteiger charge is -2.23. The van der Waals surface area contributed by atoms with Crippen LogP contribution < -0.4 is 0 Å². The Kier molecular flexibility index (Phi) is 4.73. The van der Waals surface area contributed by atoms with E-state index < -0.39 is 10.0 Å². The average Bonchev–Trinajstić information content (AvgIpc) is 2.61. The van der Waals surface area contributed by atoms with E-state index in [4.69, 9.17) is 0 Å². The molecule has 1 rings (SSSR count). The zero-order valence-corrected chi connectivity index (χ0v) is 12.4. The molecule has 1 heterocycles. The molecule has 0 aliphatic heterocycles. The van der Waals surface area contributed by atoms with Gasteiger partial charge in [0.1, 0.15) is 4.21 Å². The number of nitrogens with zero attached hydrogens (tertiary/aromatic N) is 1. The summed E-state index contributed by atoms with van der Waals surface area (Å²) in [5, 5.41) is 0. The quantitative estimate of drug-likeness (QED) is 0.781. The van der Waals surface area contributed by atoms with Crippen molar-refractivity contribution >= 4 is 37.3 Å². The van der Waals surface area contributed by atoms with Crippen LogP contribution in [0.4, 0.5) is 0 Å². The van der Waals surface area contributed by atoms with Crippen LogP contribution >= 0.6 is 27.3 Å². The van der Waals surface area contributed by atoms with Crippen molar-refractivity contribution in [3.63, 3.8) is 0 Å². The van der Waals surface area contributed by atoms with E-state index in [0.717, 1.165) is 3.79 Å². The van der Waals surface area contributed by atoms with Crippen LogP contribution in [-0.2, 0) is 10.0 Å². The van der Waals surface area contributed by atoms with Crippen LogP contribution in [0.5, 0.6) is 0 Å². The number of hydrogen-bond acceptors (Lipinski definition) is 3. The first-order valence-electron chi connectivity index (χ1n) is 4.77. The van der Waals surface area contributed by atoms with Gasteiger partial charge in [-0.25, -0.2) is 8.42 Å². The highest BCUT2D eigenvalue weighted by Crippen LogP contribution is 2.29. The Balaban J connectivity index is 3.12. The summed E-state index contributed by atoms with van der Waals surface area (Å²) in [6.07, 6.45) is 1.60. The van der Waals surface area contributed by atoms with Crippen molar-refractivity contribution in [3.05, 3.63) is 28.6 Å². The molecule has 0 spiro atoms. The molecule has 0 unspecified atom stereocenters. The molecule has 1 aromatic rings. The van der Waals surface area contributed by atoms with Gasteiger partial charge in [-0.15, -0.1) is 17.9 Å². The molecule has 0 atom stereocenters. The molecule has 16 heavy (non-hydrogen) atoms. The smallest absolute Gasteiger partial charge is 0.206 e. The second kappa shape index (κ2) is 5.44. The molecule has 1 aromatic heterocycles. The lowest BCUT2D eigenvalue weighted by Crippen LogP contribution is -2.36. The fourth-order valence-electron chi connectivity index (χ4n) is 1.27. The molecule has 0 aromatic carbocycles. The molecule has 0 amide bonds. The van der Waals surface area contributed by atoms with Crippen LogP contribution in [0.3, 0.4) is 0 Å². The van der Waals surface area contributed by atoms with E-state index >= 15 is 0 Å². The second-order valence-electron chi connectivity index (χ2n) is 3.52. The van der Waals surface area contributed by atoms with Crippen molar-refractivity contribution in [1.82, 2.24) is 4.31 Å². The summed E-state index contributed by atoms with van der Waals surface area (Å²) < 4.78 is 27.1. The fraction of sp³-hybridized carbons (Fsp3) is 0.400. The van der Waals surface area contributed by atoms with E-state index in [1.165, 1.54) is 15.6 Å². The standard InChI is InChI=1S/C10H14BrNO2S2/c1-4-7-12(8(2)3)16(13,14)10-6-5-9(11)15-10/h4-6,8H,1,7H2,2-3H3. The molecular formula is C10H14BrNO2S2. The normalized spacial score (nSPS) is 12.3. The highest BCUT2D eigenvalue weighted by molar-refractivity contribution is 9.11. The molecule has 0 saturated carbocycles. The minimum Gasteiger partial charge on any atom is -0.206 e. The number of rotatable bonds is 5. The molecule has 0 bridgehead atoms. The van der Waals surface area contributed by atoms with Gasteiger partial charge in [0.15, 0.2) is 0 Å². The first-order chi connectivity index (χ1) is 7.39. The summed E-state index contributed by atoms with van der Waals surface area (Å²) in [5.74, 6) is 0. The highest BCUT2D eigenvalue weighted by atomic mass is 79.9. The van der Waals surface area contributed by atoms with Gasteiger partial charge >= 0.3 is 0 Å². The summed E-state index contributed by atoms with van der Waals surface area (Å²) in [7, 11) is -3.39. The Morgan fingerprint density at radius 3 is 2.56 bits per heavy atom. The maximum atomic E-state index is 12.2. The van der Waals surface area contributed by atoms with Crippen molar-refractivity contribution in [2.75, 3.05) is 6.54 Å². The van der Waals surface area contributed by atoms with Crippen LogP contribution in [-0.4, -0.2) is 25.3 Å². The Labute approximate surface area is 109 Å². The summed E-state index contributed by atoms with van der Waals surface area (Å²) in [5.41, 5.74) is 0. The minimum atomic E-state index is -3.39. The molecule has 6 heteroatoms. The Morgan fingerprint density at radius 2 is 2.19 bits per heavy atom. The summed E-state index contributed by atoms with van der Waals surface area (Å²) in [4.78, 5) is 0. The lowest BCUT2D eigenvalue weighted by atomic mass is 10.4. The number of halogens is 1. The third-order valence-corrected chi connectivity index (χ3v) is 6.13. The van der Waals surface area contributed by atoms with Crippen LogP contribution in [0.25, 0.3) is 0 Å². The molecule has 0 fully saturated rings. The van der Waals surface area contributed by atoms with Crippen LogP contribution in [0.15, 0.2) is 32.8 Å². The predicted molar refractivity (Wildman–Crippen MR) is 71.2 cm³/mol. The van der Waals surface area contributed by atoms with Gasteiger partial charge in [0, 0.05) is 12.6 Å². The zero-order chi connectivity index (χ0) is 12.3. The van der Waals surface area contributed by atoms with Gasteiger partial charge in [-0.05, 0) is 41.9 Å². The van der Waals surface area contributed by atoms with Gasteiger partial charge in [0.2, 0.25) is 0 Å². The second-order valence-corrected chi connectivity index (χ2v) is 8.10. The molecule has 0 radical (unpaired) electrons. The summed E-state index contributed by atoms with van der Waals surface area (Å²) >= 11 is 4.48. The SMILES string of the molecule is C=CCN(C(C)C)S(=O)(=O)c1ccc(Br)s1. The van der Waals surface area contributed by atoms with Gasteiger partial charge in [-0.2, -0.15) is 4.31 Å². The first kappa shape index (κ1) is 13.9. The topological polar surface area (TPSA) is 37.4 Å². The average molecular weight is 324 g/mol. The molecule has 90 valence electrons. The molecular weight excluding hydrogens is 310 g/mol. The van der Waals surface area contributed by atoms with Gasteiger partial charge in [-0.1, -0.05) is 6.08 Å². The van der Waals surface area contributed by atoms with Crippen LogP contribution in [0.2, 0.25) is 0 Å². The minimum absolute atomic E-state index is 0.0797. The predicted octanol–water partition coefficient (Wildman–Crippen LogP) is 3.10. The number of thiophene rings is 1. The number of hydrogen-bond donors (Lipinski definition) is 0. The van der Waals surface area contributed by atoms with E-state index in [1.54, 1.807) is 18.2 Å². The maximum Gasteiger partial charge on any atom is 0.253 e. The summed E-state index contributed by atoms with van der Waals surface area (Å²) in [6, 6.07) is 3.27. The van der Waals surface area contributed by atoms with Crippen LogP contribution in [0.1, 0.15) is 13.8 Å². The van der Waals surface area contributed by atoms with E-state index in [0.29, 0.717) is 10.8 Å². The Hall–Kier alpha value is -0.170. The Bertz CT molecular complexity index is 465. The number of sulfonamides is 1. The van der Waals surface area contributed by atoms with Crippen molar-refractivity contribution in [1.29, 1.82) is 0 Å². The van der Waals surface area contributed by atoms with Gasteiger partial charge < -0.3 is 0 Å². The maximum absolute atomic E-state index is 12.2. The monoisotopic (exact) mass is 323 g/mol. The first-order valence-corrected chi connectivity index (χ1v) is 7.82. The largest absolute Gasteiger partial charge is 0.253 e. The molecule has 0 aliphatic rings. The van der Waals surface area contributed by atoms with Crippen molar-refractivity contribution in [2.24, 2.45) is 0 Å². The van der Waals surface area contributed by atoms with E-state index in [1.807, 2.05) is 13.8 Å². The molecule has 0 aliphatic carbocycles. The highest BCUT2D eigenvalue weighted by Gasteiger charge is 2.27. The molecule has 3 nitrogen and oxygen atoms in total. The van der Waals surface area contributed by atoms with E-state index in [-0.39, 0.29) is 6.04 Å². The van der Waals surface area contributed by atoms with Gasteiger partial charge in [-0.3, -0.25) is 0 Å². The van der Waals surface area contributed by atoms with Gasteiger partial charge in [0.25, 0.3) is 10.0 Å².